The molecule has 30 heavy (non-hydrogen) atoms. The number of aromatic amines is 1. The molecule has 0 aliphatic carbocycles. The van der Waals surface area contributed by atoms with E-state index in [2.05, 4.69) is 27.8 Å². The van der Waals surface area contributed by atoms with Gasteiger partial charge in [-0.15, -0.1) is 0 Å². The maximum atomic E-state index is 11.8. The molecule has 7 nitrogen and oxygen atoms in total. The fraction of sp³-hybridized carbons (Fsp3) is 0.174. The number of hydrogen-bond donors (Lipinski definition) is 4. The number of carbonyl (C=O) groups is 1. The van der Waals surface area contributed by atoms with Crippen molar-refractivity contribution in [2.75, 3.05) is 17.2 Å². The molecule has 7 heteroatoms. The highest BCUT2D eigenvalue weighted by Gasteiger charge is 2.20. The fourth-order valence-corrected chi connectivity index (χ4v) is 3.94. The number of H-pyrrole nitrogens is 1. The molecular weight excluding hydrogens is 376 g/mol. The SMILES string of the molecule is NC(=O)c1cccc2c(-c3nc4c(c(NCc5ccccc5)n3)CCCN4)[nH]cc12. The summed E-state index contributed by atoms with van der Waals surface area (Å²) in [5.41, 5.74) is 9.08. The predicted molar refractivity (Wildman–Crippen MR) is 118 cm³/mol. The third kappa shape index (κ3) is 3.24. The van der Waals surface area contributed by atoms with Gasteiger partial charge in [-0.25, -0.2) is 9.97 Å². The maximum Gasteiger partial charge on any atom is 0.249 e. The van der Waals surface area contributed by atoms with E-state index in [1.807, 2.05) is 30.3 Å². The van der Waals surface area contributed by atoms with Crippen LogP contribution in [0.25, 0.3) is 22.3 Å². The number of nitrogens with two attached hydrogens (primary N) is 1. The molecule has 0 fully saturated rings. The molecule has 0 spiro atoms. The molecule has 5 N–H and O–H groups in total. The average Bonchev–Trinajstić information content (AvgIpc) is 3.22. The number of carbonyl (C=O) groups excluding carboxylic acids is 1. The molecule has 3 heterocycles. The number of hydrogen-bond acceptors (Lipinski definition) is 5. The Morgan fingerprint density at radius 3 is 2.77 bits per heavy atom. The smallest absolute Gasteiger partial charge is 0.249 e. The van der Waals surface area contributed by atoms with Crippen LogP contribution in [-0.4, -0.2) is 27.4 Å². The number of nitrogens with zero attached hydrogens (tertiary/aromatic N) is 2. The first-order valence-electron chi connectivity index (χ1n) is 10.0. The Hall–Kier alpha value is -3.87. The van der Waals surface area contributed by atoms with Gasteiger partial charge in [0, 0.05) is 41.2 Å². The van der Waals surface area contributed by atoms with E-state index in [1.54, 1.807) is 12.3 Å². The molecule has 1 aliphatic heterocycles. The van der Waals surface area contributed by atoms with Gasteiger partial charge in [0.05, 0.1) is 5.69 Å². The normalized spacial score (nSPS) is 12.9. The number of fused-ring (bicyclic) bond motifs is 2. The van der Waals surface area contributed by atoms with Crippen LogP contribution in [0.2, 0.25) is 0 Å². The van der Waals surface area contributed by atoms with Gasteiger partial charge >= 0.3 is 0 Å². The Kier molecular flexibility index (Phi) is 4.55. The number of anilines is 2. The molecule has 0 saturated heterocycles. The Morgan fingerprint density at radius 1 is 1.07 bits per heavy atom. The molecule has 1 amide bonds. The van der Waals surface area contributed by atoms with Crippen LogP contribution in [0, 0.1) is 0 Å². The van der Waals surface area contributed by atoms with Gasteiger partial charge < -0.3 is 21.4 Å². The first-order valence-corrected chi connectivity index (χ1v) is 10.0. The Bertz CT molecular complexity index is 1230. The zero-order valence-electron chi connectivity index (χ0n) is 16.4. The van der Waals surface area contributed by atoms with Gasteiger partial charge in [-0.05, 0) is 24.5 Å². The van der Waals surface area contributed by atoms with Crippen LogP contribution in [0.3, 0.4) is 0 Å². The number of benzene rings is 2. The van der Waals surface area contributed by atoms with Crippen molar-refractivity contribution in [2.24, 2.45) is 5.73 Å². The van der Waals surface area contributed by atoms with Crippen molar-refractivity contribution in [2.45, 2.75) is 19.4 Å². The van der Waals surface area contributed by atoms with E-state index in [0.29, 0.717) is 17.9 Å². The summed E-state index contributed by atoms with van der Waals surface area (Å²) in [6, 6.07) is 15.7. The molecule has 150 valence electrons. The van der Waals surface area contributed by atoms with Crippen molar-refractivity contribution < 1.29 is 4.79 Å². The van der Waals surface area contributed by atoms with Gasteiger partial charge in [-0.2, -0.15) is 0 Å². The van der Waals surface area contributed by atoms with Crippen LogP contribution in [0.15, 0.2) is 54.7 Å². The second-order valence-corrected chi connectivity index (χ2v) is 7.39. The highest BCUT2D eigenvalue weighted by molar-refractivity contribution is 6.09. The van der Waals surface area contributed by atoms with Crippen LogP contribution >= 0.6 is 0 Å². The average molecular weight is 398 g/mol. The molecule has 0 radical (unpaired) electrons. The van der Waals surface area contributed by atoms with Crippen molar-refractivity contribution in [3.63, 3.8) is 0 Å². The summed E-state index contributed by atoms with van der Waals surface area (Å²) < 4.78 is 0. The first-order chi connectivity index (χ1) is 14.7. The molecule has 4 aromatic rings. The van der Waals surface area contributed by atoms with Gasteiger partial charge in [-0.3, -0.25) is 4.79 Å². The number of aromatic nitrogens is 3. The third-order valence-electron chi connectivity index (χ3n) is 5.43. The fourth-order valence-electron chi connectivity index (χ4n) is 3.94. The van der Waals surface area contributed by atoms with E-state index < -0.39 is 5.91 Å². The van der Waals surface area contributed by atoms with Crippen LogP contribution in [0.5, 0.6) is 0 Å². The zero-order valence-corrected chi connectivity index (χ0v) is 16.4. The first kappa shape index (κ1) is 18.2. The lowest BCUT2D eigenvalue weighted by molar-refractivity contribution is 0.100. The summed E-state index contributed by atoms with van der Waals surface area (Å²) in [6.45, 7) is 1.57. The second kappa shape index (κ2) is 7.51. The van der Waals surface area contributed by atoms with Crippen LogP contribution in [0.1, 0.15) is 27.9 Å². The van der Waals surface area contributed by atoms with E-state index in [-0.39, 0.29) is 0 Å². The molecule has 1 aliphatic rings. The van der Waals surface area contributed by atoms with Gasteiger partial charge in [0.15, 0.2) is 5.82 Å². The summed E-state index contributed by atoms with van der Waals surface area (Å²) in [6.07, 6.45) is 3.76. The minimum absolute atomic E-state index is 0.454. The summed E-state index contributed by atoms with van der Waals surface area (Å²) >= 11 is 0. The van der Waals surface area contributed by atoms with Crippen molar-refractivity contribution in [3.8, 4) is 11.5 Å². The Balaban J connectivity index is 1.58. The van der Waals surface area contributed by atoms with E-state index in [9.17, 15) is 4.79 Å². The quantitative estimate of drug-likeness (QED) is 0.410. The van der Waals surface area contributed by atoms with Gasteiger partial charge in [0.25, 0.3) is 0 Å². The lowest BCUT2D eigenvalue weighted by Crippen LogP contribution is -2.17. The minimum Gasteiger partial charge on any atom is -0.370 e. The lowest BCUT2D eigenvalue weighted by atomic mass is 10.1. The minimum atomic E-state index is -0.454. The molecule has 0 atom stereocenters. The Labute approximate surface area is 173 Å². The third-order valence-corrected chi connectivity index (χ3v) is 5.43. The van der Waals surface area contributed by atoms with Crippen molar-refractivity contribution in [1.29, 1.82) is 0 Å². The van der Waals surface area contributed by atoms with E-state index in [0.717, 1.165) is 53.1 Å². The molecule has 0 unspecified atom stereocenters. The maximum absolute atomic E-state index is 11.8. The molecule has 2 aromatic heterocycles. The summed E-state index contributed by atoms with van der Waals surface area (Å²) in [4.78, 5) is 24.7. The largest absolute Gasteiger partial charge is 0.370 e. The highest BCUT2D eigenvalue weighted by Crippen LogP contribution is 2.33. The number of amides is 1. The number of nitrogens with one attached hydrogen (secondary N) is 3. The van der Waals surface area contributed by atoms with E-state index in [4.69, 9.17) is 15.7 Å². The molecular formula is C23H22N6O. The van der Waals surface area contributed by atoms with Crippen molar-refractivity contribution in [1.82, 2.24) is 15.0 Å². The molecule has 0 bridgehead atoms. The summed E-state index contributed by atoms with van der Waals surface area (Å²) in [5.74, 6) is 1.82. The van der Waals surface area contributed by atoms with Crippen molar-refractivity contribution >= 4 is 28.3 Å². The lowest BCUT2D eigenvalue weighted by Gasteiger charge is -2.21. The summed E-state index contributed by atoms with van der Waals surface area (Å²) in [5, 5.41) is 8.53. The van der Waals surface area contributed by atoms with Crippen molar-refractivity contribution in [3.05, 3.63) is 71.4 Å². The van der Waals surface area contributed by atoms with Gasteiger partial charge in [0.1, 0.15) is 11.6 Å². The molecule has 5 rings (SSSR count). The van der Waals surface area contributed by atoms with Gasteiger partial charge in [0.2, 0.25) is 5.91 Å². The summed E-state index contributed by atoms with van der Waals surface area (Å²) in [7, 11) is 0. The topological polar surface area (TPSA) is 109 Å². The zero-order chi connectivity index (χ0) is 20.5. The van der Waals surface area contributed by atoms with E-state index in [1.165, 1.54) is 5.56 Å². The van der Waals surface area contributed by atoms with Crippen LogP contribution < -0.4 is 16.4 Å². The highest BCUT2D eigenvalue weighted by atomic mass is 16.1. The van der Waals surface area contributed by atoms with Crippen LogP contribution in [0.4, 0.5) is 11.6 Å². The van der Waals surface area contributed by atoms with Gasteiger partial charge in [-0.1, -0.05) is 42.5 Å². The molecule has 2 aromatic carbocycles. The monoisotopic (exact) mass is 398 g/mol. The predicted octanol–water partition coefficient (Wildman–Crippen LogP) is 3.69. The second-order valence-electron chi connectivity index (χ2n) is 7.39. The Morgan fingerprint density at radius 2 is 1.93 bits per heavy atom. The number of rotatable bonds is 5. The standard InChI is InChI=1S/C23H22N6O/c24-20(30)16-9-4-8-15-18(16)13-26-19(15)23-28-21-17(10-5-11-25-21)22(29-23)27-12-14-6-2-1-3-7-14/h1-4,6-9,13,26H,5,10-12H2,(H2,24,30)(H2,25,27,28,29). The van der Waals surface area contributed by atoms with E-state index >= 15 is 0 Å². The molecule has 0 saturated carbocycles. The van der Waals surface area contributed by atoms with Crippen LogP contribution in [-0.2, 0) is 13.0 Å². The number of primary amides is 1.